The standard InChI is InChI=1S/C29H39FN4O2/c1-10-12-24-20(4)25(32-34(24)9)27-31-26(33-36-27)22-16-15-21(14-13-19(3)35-28(5,6)7)18-23(22)29(8,30)17-11-2/h11,15-16,18H,2-3,10,12-14,17H2,1,4-9H3. The van der Waals surface area contributed by atoms with Gasteiger partial charge in [0.1, 0.15) is 11.3 Å². The van der Waals surface area contributed by atoms with Gasteiger partial charge in [-0.1, -0.05) is 49.4 Å². The molecule has 1 aromatic carbocycles. The van der Waals surface area contributed by atoms with Gasteiger partial charge in [-0.05, 0) is 53.0 Å². The number of aromatic nitrogens is 4. The number of halogens is 1. The molecular weight excluding hydrogens is 455 g/mol. The van der Waals surface area contributed by atoms with E-state index in [1.54, 1.807) is 13.0 Å². The summed E-state index contributed by atoms with van der Waals surface area (Å²) in [7, 11) is 1.92. The summed E-state index contributed by atoms with van der Waals surface area (Å²) in [5, 5.41) is 8.81. The van der Waals surface area contributed by atoms with E-state index in [0.29, 0.717) is 47.1 Å². The van der Waals surface area contributed by atoms with Gasteiger partial charge in [-0.3, -0.25) is 4.68 Å². The van der Waals surface area contributed by atoms with E-state index in [1.165, 1.54) is 0 Å². The van der Waals surface area contributed by atoms with Crippen molar-refractivity contribution in [3.8, 4) is 23.0 Å². The number of aryl methyl sites for hydroxylation is 2. The third-order valence-electron chi connectivity index (χ3n) is 6.10. The maximum absolute atomic E-state index is 15.9. The molecule has 0 radical (unpaired) electrons. The fourth-order valence-corrected chi connectivity index (χ4v) is 4.41. The Morgan fingerprint density at radius 1 is 1.22 bits per heavy atom. The first-order valence-corrected chi connectivity index (χ1v) is 12.5. The molecule has 3 aromatic rings. The van der Waals surface area contributed by atoms with E-state index in [2.05, 4.69) is 35.3 Å². The van der Waals surface area contributed by atoms with Gasteiger partial charge in [-0.15, -0.1) is 6.58 Å². The Bertz CT molecular complexity index is 1230. The molecule has 194 valence electrons. The Hall–Kier alpha value is -3.22. The average Bonchev–Trinajstić information content (AvgIpc) is 3.37. The van der Waals surface area contributed by atoms with Gasteiger partial charge in [0.2, 0.25) is 5.82 Å². The van der Waals surface area contributed by atoms with Gasteiger partial charge < -0.3 is 9.26 Å². The molecule has 0 fully saturated rings. The zero-order chi connectivity index (χ0) is 26.7. The largest absolute Gasteiger partial charge is 0.493 e. The SMILES string of the molecule is C=CCC(C)(F)c1cc(CCC(=C)OC(C)(C)C)ccc1-c1noc(-c2nn(C)c(CCC)c2C)n1. The zero-order valence-electron chi connectivity index (χ0n) is 22.7. The van der Waals surface area contributed by atoms with Gasteiger partial charge in [0, 0.05) is 42.3 Å². The zero-order valence-corrected chi connectivity index (χ0v) is 22.7. The third-order valence-corrected chi connectivity index (χ3v) is 6.10. The highest BCUT2D eigenvalue weighted by Gasteiger charge is 2.30. The van der Waals surface area contributed by atoms with Crippen LogP contribution in [0.3, 0.4) is 0 Å². The van der Waals surface area contributed by atoms with Crippen molar-refractivity contribution >= 4 is 0 Å². The van der Waals surface area contributed by atoms with E-state index in [4.69, 9.17) is 9.26 Å². The molecule has 0 spiro atoms. The maximum atomic E-state index is 15.9. The second-order valence-electron chi connectivity index (χ2n) is 10.5. The van der Waals surface area contributed by atoms with E-state index in [1.807, 2.05) is 57.6 Å². The molecule has 7 heteroatoms. The van der Waals surface area contributed by atoms with Crippen molar-refractivity contribution in [2.24, 2.45) is 7.05 Å². The fraction of sp³-hybridized carbons (Fsp3) is 0.483. The van der Waals surface area contributed by atoms with Crippen molar-refractivity contribution in [1.82, 2.24) is 19.9 Å². The van der Waals surface area contributed by atoms with E-state index >= 15 is 4.39 Å². The summed E-state index contributed by atoms with van der Waals surface area (Å²) in [6.07, 6.45) is 5.00. The Morgan fingerprint density at radius 2 is 1.94 bits per heavy atom. The van der Waals surface area contributed by atoms with Gasteiger partial charge >= 0.3 is 0 Å². The highest BCUT2D eigenvalue weighted by atomic mass is 19.1. The monoisotopic (exact) mass is 494 g/mol. The van der Waals surface area contributed by atoms with Crippen LogP contribution in [0.5, 0.6) is 0 Å². The number of ether oxygens (including phenoxy) is 1. The van der Waals surface area contributed by atoms with Crippen molar-refractivity contribution in [1.29, 1.82) is 0 Å². The second-order valence-corrected chi connectivity index (χ2v) is 10.5. The van der Waals surface area contributed by atoms with Crippen molar-refractivity contribution in [2.75, 3.05) is 0 Å². The van der Waals surface area contributed by atoms with E-state index in [-0.39, 0.29) is 12.0 Å². The summed E-state index contributed by atoms with van der Waals surface area (Å²) in [6.45, 7) is 19.4. The summed E-state index contributed by atoms with van der Waals surface area (Å²) in [5.41, 5.74) is 2.93. The molecule has 36 heavy (non-hydrogen) atoms. The number of alkyl halides is 1. The number of nitrogens with zero attached hydrogens (tertiary/aromatic N) is 4. The molecule has 6 nitrogen and oxygen atoms in total. The lowest BCUT2D eigenvalue weighted by molar-refractivity contribution is 0.0480. The molecule has 0 bridgehead atoms. The summed E-state index contributed by atoms with van der Waals surface area (Å²) in [6, 6.07) is 5.71. The van der Waals surface area contributed by atoms with Crippen LogP contribution >= 0.6 is 0 Å². The predicted molar refractivity (Wildman–Crippen MR) is 142 cm³/mol. The molecule has 0 amide bonds. The molecule has 3 rings (SSSR count). The molecule has 0 aliphatic carbocycles. The van der Waals surface area contributed by atoms with Crippen LogP contribution in [0.15, 0.2) is 47.7 Å². The molecule has 0 saturated carbocycles. The lowest BCUT2D eigenvalue weighted by Crippen LogP contribution is -2.18. The average molecular weight is 495 g/mol. The van der Waals surface area contributed by atoms with Crippen molar-refractivity contribution in [3.05, 3.63) is 65.6 Å². The topological polar surface area (TPSA) is 66.0 Å². The molecule has 2 aromatic heterocycles. The van der Waals surface area contributed by atoms with Crippen LogP contribution in [0.25, 0.3) is 23.0 Å². The lowest BCUT2D eigenvalue weighted by atomic mass is 9.87. The second kappa shape index (κ2) is 10.8. The number of allylic oxidation sites excluding steroid dienone is 2. The molecule has 0 saturated heterocycles. The fourth-order valence-electron chi connectivity index (χ4n) is 4.41. The van der Waals surface area contributed by atoms with Crippen LogP contribution in [-0.2, 0) is 30.3 Å². The molecule has 0 aliphatic heterocycles. The Balaban J connectivity index is 1.96. The minimum atomic E-state index is -1.65. The van der Waals surface area contributed by atoms with Crippen LogP contribution in [-0.4, -0.2) is 25.5 Å². The lowest BCUT2D eigenvalue weighted by Gasteiger charge is -2.24. The number of hydrogen-bond donors (Lipinski definition) is 0. The smallest absolute Gasteiger partial charge is 0.279 e. The summed E-state index contributed by atoms with van der Waals surface area (Å²) < 4.78 is 29.2. The highest BCUT2D eigenvalue weighted by Crippen LogP contribution is 2.38. The number of rotatable bonds is 11. The molecule has 0 N–H and O–H groups in total. The number of hydrogen-bond acceptors (Lipinski definition) is 5. The highest BCUT2D eigenvalue weighted by molar-refractivity contribution is 5.65. The van der Waals surface area contributed by atoms with Gasteiger partial charge in [-0.2, -0.15) is 10.1 Å². The first kappa shape index (κ1) is 27.4. The van der Waals surface area contributed by atoms with Crippen LogP contribution < -0.4 is 0 Å². The van der Waals surface area contributed by atoms with Gasteiger partial charge in [0.25, 0.3) is 5.89 Å². The first-order chi connectivity index (χ1) is 16.9. The van der Waals surface area contributed by atoms with E-state index < -0.39 is 5.67 Å². The van der Waals surface area contributed by atoms with Gasteiger partial charge in [0.05, 0.1) is 5.76 Å². The molecule has 2 heterocycles. The van der Waals surface area contributed by atoms with Crippen LogP contribution in [0.4, 0.5) is 4.39 Å². The Morgan fingerprint density at radius 3 is 2.58 bits per heavy atom. The Labute approximate surface area is 214 Å². The van der Waals surface area contributed by atoms with E-state index in [9.17, 15) is 0 Å². The number of benzene rings is 1. The van der Waals surface area contributed by atoms with Crippen LogP contribution in [0.1, 0.15) is 76.3 Å². The van der Waals surface area contributed by atoms with Gasteiger partial charge in [-0.25, -0.2) is 4.39 Å². The first-order valence-electron chi connectivity index (χ1n) is 12.5. The van der Waals surface area contributed by atoms with Crippen molar-refractivity contribution < 1.29 is 13.7 Å². The molecule has 0 aliphatic rings. The minimum Gasteiger partial charge on any atom is -0.493 e. The van der Waals surface area contributed by atoms with Crippen LogP contribution in [0.2, 0.25) is 0 Å². The predicted octanol–water partition coefficient (Wildman–Crippen LogP) is 7.42. The molecular formula is C29H39FN4O2. The molecule has 1 atom stereocenters. The van der Waals surface area contributed by atoms with Crippen LogP contribution in [0, 0.1) is 6.92 Å². The van der Waals surface area contributed by atoms with Crippen molar-refractivity contribution in [2.45, 2.75) is 84.9 Å². The van der Waals surface area contributed by atoms with Crippen molar-refractivity contribution in [3.63, 3.8) is 0 Å². The maximum Gasteiger partial charge on any atom is 0.279 e. The van der Waals surface area contributed by atoms with Gasteiger partial charge in [0.15, 0.2) is 5.69 Å². The van der Waals surface area contributed by atoms with E-state index in [0.717, 1.165) is 29.7 Å². The third kappa shape index (κ3) is 6.31. The molecule has 1 unspecified atom stereocenters. The minimum absolute atomic E-state index is 0.160. The summed E-state index contributed by atoms with van der Waals surface area (Å²) in [5.74, 6) is 1.37. The Kier molecular flexibility index (Phi) is 8.22. The summed E-state index contributed by atoms with van der Waals surface area (Å²) in [4.78, 5) is 4.62. The summed E-state index contributed by atoms with van der Waals surface area (Å²) >= 11 is 0. The quantitative estimate of drug-likeness (QED) is 0.205. The normalized spacial score (nSPS) is 13.4.